The molecule has 0 aliphatic carbocycles. The number of carbonyl (C=O) groups is 1. The molecule has 0 spiro atoms. The first-order valence-corrected chi connectivity index (χ1v) is 6.87. The molecule has 0 aliphatic heterocycles. The predicted octanol–water partition coefficient (Wildman–Crippen LogP) is 1.49. The molecule has 114 valence electrons. The first-order chi connectivity index (χ1) is 9.95. The van der Waals surface area contributed by atoms with Crippen LogP contribution in [0.5, 0.6) is 0 Å². The molecule has 0 bridgehead atoms. The number of nitrogens with one attached hydrogen (secondary N) is 1. The maximum atomic E-state index is 11.4. The van der Waals surface area contributed by atoms with Gasteiger partial charge in [-0.25, -0.2) is 9.78 Å². The van der Waals surface area contributed by atoms with E-state index in [9.17, 15) is 15.0 Å². The van der Waals surface area contributed by atoms with Gasteiger partial charge >= 0.3 is 5.97 Å². The summed E-state index contributed by atoms with van der Waals surface area (Å²) >= 11 is 0. The van der Waals surface area contributed by atoms with E-state index in [0.29, 0.717) is 23.1 Å². The molecule has 7 heteroatoms. The Labute approximate surface area is 122 Å². The maximum Gasteiger partial charge on any atom is 0.339 e. The monoisotopic (exact) mass is 292 g/mol. The van der Waals surface area contributed by atoms with Crippen molar-refractivity contribution in [1.82, 2.24) is 14.8 Å². The van der Waals surface area contributed by atoms with Crippen LogP contribution < -0.4 is 5.32 Å². The molecule has 2 aromatic heterocycles. The van der Waals surface area contributed by atoms with Crippen LogP contribution in [-0.2, 0) is 7.05 Å². The fourth-order valence-corrected chi connectivity index (χ4v) is 2.31. The molecule has 7 nitrogen and oxygen atoms in total. The highest BCUT2D eigenvalue weighted by molar-refractivity contribution is 6.03. The number of aromatic nitrogens is 3. The van der Waals surface area contributed by atoms with E-state index < -0.39 is 5.97 Å². The SMILES string of the molecule is CC(C)C(CCO)Nc1c(C(=O)O)cnc2c1cnn2C. The second kappa shape index (κ2) is 6.09. The molecule has 1 atom stereocenters. The van der Waals surface area contributed by atoms with Crippen molar-refractivity contribution in [3.05, 3.63) is 18.0 Å². The van der Waals surface area contributed by atoms with E-state index in [4.69, 9.17) is 0 Å². The number of hydrogen-bond acceptors (Lipinski definition) is 5. The number of hydrogen-bond donors (Lipinski definition) is 3. The minimum atomic E-state index is -1.04. The highest BCUT2D eigenvalue weighted by Gasteiger charge is 2.21. The van der Waals surface area contributed by atoms with Crippen molar-refractivity contribution >= 4 is 22.7 Å². The van der Waals surface area contributed by atoms with Crippen molar-refractivity contribution in [2.45, 2.75) is 26.3 Å². The third kappa shape index (κ3) is 2.97. The zero-order chi connectivity index (χ0) is 15.6. The third-order valence-electron chi connectivity index (χ3n) is 3.57. The highest BCUT2D eigenvalue weighted by atomic mass is 16.4. The lowest BCUT2D eigenvalue weighted by Crippen LogP contribution is -2.28. The Morgan fingerprint density at radius 1 is 1.43 bits per heavy atom. The van der Waals surface area contributed by atoms with Crippen molar-refractivity contribution in [3.8, 4) is 0 Å². The molecule has 0 aliphatic rings. The fraction of sp³-hybridized carbons (Fsp3) is 0.500. The molecule has 21 heavy (non-hydrogen) atoms. The van der Waals surface area contributed by atoms with Gasteiger partial charge in [0, 0.05) is 25.9 Å². The normalized spacial score (nSPS) is 12.8. The van der Waals surface area contributed by atoms with E-state index in [-0.39, 0.29) is 24.1 Å². The van der Waals surface area contributed by atoms with Gasteiger partial charge in [-0.15, -0.1) is 0 Å². The van der Waals surface area contributed by atoms with Crippen LogP contribution in [0.3, 0.4) is 0 Å². The summed E-state index contributed by atoms with van der Waals surface area (Å²) in [5, 5.41) is 26.6. The van der Waals surface area contributed by atoms with Gasteiger partial charge in [-0.3, -0.25) is 4.68 Å². The Balaban J connectivity index is 2.53. The number of fused-ring (bicyclic) bond motifs is 1. The summed E-state index contributed by atoms with van der Waals surface area (Å²) in [6, 6.07) is -0.0288. The quantitative estimate of drug-likeness (QED) is 0.745. The molecule has 0 saturated heterocycles. The summed E-state index contributed by atoms with van der Waals surface area (Å²) in [6.07, 6.45) is 3.49. The largest absolute Gasteiger partial charge is 0.478 e. The lowest BCUT2D eigenvalue weighted by atomic mass is 10.00. The number of aliphatic hydroxyl groups excluding tert-OH is 1. The van der Waals surface area contributed by atoms with E-state index in [2.05, 4.69) is 15.4 Å². The van der Waals surface area contributed by atoms with Crippen LogP contribution in [0.4, 0.5) is 5.69 Å². The molecule has 2 aromatic rings. The summed E-state index contributed by atoms with van der Waals surface area (Å²) in [5.74, 6) is -0.791. The van der Waals surface area contributed by atoms with E-state index in [1.165, 1.54) is 6.20 Å². The van der Waals surface area contributed by atoms with Gasteiger partial charge in [0.2, 0.25) is 0 Å². The molecular weight excluding hydrogens is 272 g/mol. The Morgan fingerprint density at radius 3 is 2.71 bits per heavy atom. The van der Waals surface area contributed by atoms with E-state index in [1.54, 1.807) is 17.9 Å². The van der Waals surface area contributed by atoms with E-state index in [1.807, 2.05) is 13.8 Å². The average Bonchev–Trinajstić information content (AvgIpc) is 2.80. The molecular formula is C14H20N4O3. The van der Waals surface area contributed by atoms with Crippen LogP contribution in [0.2, 0.25) is 0 Å². The number of carboxylic acids is 1. The van der Waals surface area contributed by atoms with Crippen LogP contribution in [0.15, 0.2) is 12.4 Å². The van der Waals surface area contributed by atoms with Crippen molar-refractivity contribution in [2.24, 2.45) is 13.0 Å². The van der Waals surface area contributed by atoms with Gasteiger partial charge < -0.3 is 15.5 Å². The number of anilines is 1. The number of aromatic carboxylic acids is 1. The van der Waals surface area contributed by atoms with Gasteiger partial charge in [0.15, 0.2) is 5.65 Å². The summed E-state index contributed by atoms with van der Waals surface area (Å²) < 4.78 is 1.60. The number of aliphatic hydroxyl groups is 1. The van der Waals surface area contributed by atoms with Gasteiger partial charge in [-0.05, 0) is 12.3 Å². The van der Waals surface area contributed by atoms with E-state index >= 15 is 0 Å². The number of nitrogens with zero attached hydrogens (tertiary/aromatic N) is 3. The van der Waals surface area contributed by atoms with Gasteiger partial charge in [0.25, 0.3) is 0 Å². The van der Waals surface area contributed by atoms with Gasteiger partial charge in [-0.2, -0.15) is 5.10 Å². The first-order valence-electron chi connectivity index (χ1n) is 6.87. The van der Waals surface area contributed by atoms with Crippen LogP contribution in [0.25, 0.3) is 11.0 Å². The fourth-order valence-electron chi connectivity index (χ4n) is 2.31. The van der Waals surface area contributed by atoms with Crippen LogP contribution in [0.1, 0.15) is 30.6 Å². The van der Waals surface area contributed by atoms with Gasteiger partial charge in [-0.1, -0.05) is 13.8 Å². The third-order valence-corrected chi connectivity index (χ3v) is 3.57. The summed E-state index contributed by atoms with van der Waals surface area (Å²) in [4.78, 5) is 15.6. The topological polar surface area (TPSA) is 100 Å². The van der Waals surface area contributed by atoms with Gasteiger partial charge in [0.1, 0.15) is 5.56 Å². The smallest absolute Gasteiger partial charge is 0.339 e. The lowest BCUT2D eigenvalue weighted by molar-refractivity contribution is 0.0697. The Hall–Kier alpha value is -2.15. The molecule has 1 unspecified atom stereocenters. The van der Waals surface area contributed by atoms with Crippen LogP contribution in [0, 0.1) is 5.92 Å². The van der Waals surface area contributed by atoms with Crippen LogP contribution in [-0.4, -0.2) is 43.6 Å². The number of rotatable bonds is 6. The molecule has 2 rings (SSSR count). The predicted molar refractivity (Wildman–Crippen MR) is 79.4 cm³/mol. The second-order valence-corrected chi connectivity index (χ2v) is 5.36. The maximum absolute atomic E-state index is 11.4. The van der Waals surface area contributed by atoms with Crippen LogP contribution >= 0.6 is 0 Å². The van der Waals surface area contributed by atoms with Crippen molar-refractivity contribution in [3.63, 3.8) is 0 Å². The highest BCUT2D eigenvalue weighted by Crippen LogP contribution is 2.28. The Bertz CT molecular complexity index is 651. The minimum Gasteiger partial charge on any atom is -0.478 e. The zero-order valence-electron chi connectivity index (χ0n) is 12.4. The van der Waals surface area contributed by atoms with Crippen molar-refractivity contribution in [1.29, 1.82) is 0 Å². The number of aryl methyl sites for hydroxylation is 1. The summed E-state index contributed by atoms with van der Waals surface area (Å²) in [7, 11) is 1.76. The number of pyridine rings is 1. The molecule has 0 amide bonds. The molecule has 2 heterocycles. The van der Waals surface area contributed by atoms with E-state index in [0.717, 1.165) is 0 Å². The lowest BCUT2D eigenvalue weighted by Gasteiger charge is -2.24. The average molecular weight is 292 g/mol. The molecule has 0 saturated carbocycles. The first kappa shape index (κ1) is 15.2. The number of carboxylic acid groups (broad SMARTS) is 1. The molecule has 3 N–H and O–H groups in total. The zero-order valence-corrected chi connectivity index (χ0v) is 12.4. The minimum absolute atomic E-state index is 0.0288. The second-order valence-electron chi connectivity index (χ2n) is 5.36. The standard InChI is InChI=1S/C14H20N4O3/c1-8(2)11(4-5-19)17-12-9-7-16-18(3)13(9)15-6-10(12)14(20)21/h6-8,11,19H,4-5H2,1-3H3,(H,15,17)(H,20,21). The summed E-state index contributed by atoms with van der Waals surface area (Å²) in [6.45, 7) is 4.09. The Morgan fingerprint density at radius 2 is 2.14 bits per heavy atom. The van der Waals surface area contributed by atoms with Crippen molar-refractivity contribution < 1.29 is 15.0 Å². The molecule has 0 fully saturated rings. The molecule has 0 aromatic carbocycles. The molecule has 0 radical (unpaired) electrons. The summed E-state index contributed by atoms with van der Waals surface area (Å²) in [5.41, 5.74) is 1.24. The van der Waals surface area contributed by atoms with Crippen molar-refractivity contribution in [2.75, 3.05) is 11.9 Å². The Kier molecular flexibility index (Phi) is 4.42. The van der Waals surface area contributed by atoms with Gasteiger partial charge in [0.05, 0.1) is 17.3 Å².